The lowest BCUT2D eigenvalue weighted by molar-refractivity contribution is 0.0900. The third-order valence-corrected chi connectivity index (χ3v) is 3.44. The molecule has 132 valence electrons. The Balaban J connectivity index is 1.67. The van der Waals surface area contributed by atoms with Crippen LogP contribution >= 0.6 is 0 Å². The minimum absolute atomic E-state index is 0.459. The standard InChI is InChI=1S/C19H24N4O2/c1-14-6-8-18(20-12-14)16(3)22-24-10-5-11-25-23-17(4)19-9-7-15(2)13-21-19/h6-9,12-13H,5,10-11H2,1-4H3/b22-16+,23-17+. The smallest absolute Gasteiger partial charge is 0.120 e. The molecule has 6 nitrogen and oxygen atoms in total. The van der Waals surface area contributed by atoms with Gasteiger partial charge in [0.05, 0.1) is 11.4 Å². The van der Waals surface area contributed by atoms with Gasteiger partial charge in [0, 0.05) is 18.8 Å². The van der Waals surface area contributed by atoms with Gasteiger partial charge in [0.2, 0.25) is 0 Å². The minimum Gasteiger partial charge on any atom is -0.395 e. The Morgan fingerprint density at radius 2 is 1.24 bits per heavy atom. The summed E-state index contributed by atoms with van der Waals surface area (Å²) in [7, 11) is 0. The summed E-state index contributed by atoms with van der Waals surface area (Å²) in [4.78, 5) is 19.2. The van der Waals surface area contributed by atoms with E-state index >= 15 is 0 Å². The Morgan fingerprint density at radius 1 is 0.800 bits per heavy atom. The molecule has 0 fully saturated rings. The van der Waals surface area contributed by atoms with E-state index in [0.29, 0.717) is 19.6 Å². The molecule has 0 bridgehead atoms. The highest BCUT2D eigenvalue weighted by Crippen LogP contribution is 2.02. The summed E-state index contributed by atoms with van der Waals surface area (Å²) in [5, 5.41) is 8.13. The number of oxime groups is 2. The van der Waals surface area contributed by atoms with E-state index in [2.05, 4.69) is 20.3 Å². The average molecular weight is 340 g/mol. The number of rotatable bonds is 8. The van der Waals surface area contributed by atoms with Crippen molar-refractivity contribution in [3.05, 3.63) is 59.2 Å². The topological polar surface area (TPSA) is 69.0 Å². The van der Waals surface area contributed by atoms with Crippen LogP contribution in [-0.4, -0.2) is 34.6 Å². The summed E-state index contributed by atoms with van der Waals surface area (Å²) in [6.45, 7) is 8.66. The van der Waals surface area contributed by atoms with Gasteiger partial charge < -0.3 is 9.68 Å². The molecule has 0 saturated heterocycles. The number of hydrogen-bond acceptors (Lipinski definition) is 6. The molecule has 25 heavy (non-hydrogen) atoms. The van der Waals surface area contributed by atoms with E-state index in [4.69, 9.17) is 9.68 Å². The Bertz CT molecular complexity index is 659. The molecule has 0 aliphatic rings. The van der Waals surface area contributed by atoms with Crippen LogP contribution < -0.4 is 0 Å². The van der Waals surface area contributed by atoms with Crippen molar-refractivity contribution in [1.29, 1.82) is 0 Å². The highest BCUT2D eigenvalue weighted by Gasteiger charge is 2.00. The maximum atomic E-state index is 5.29. The zero-order chi connectivity index (χ0) is 18.1. The van der Waals surface area contributed by atoms with Crippen LogP contribution in [0.3, 0.4) is 0 Å². The normalized spacial score (nSPS) is 12.2. The van der Waals surface area contributed by atoms with Gasteiger partial charge in [-0.3, -0.25) is 9.97 Å². The summed E-state index contributed by atoms with van der Waals surface area (Å²) < 4.78 is 0. The van der Waals surface area contributed by atoms with Crippen molar-refractivity contribution in [2.24, 2.45) is 10.3 Å². The fourth-order valence-corrected chi connectivity index (χ4v) is 1.93. The van der Waals surface area contributed by atoms with E-state index in [1.807, 2.05) is 64.4 Å². The summed E-state index contributed by atoms with van der Waals surface area (Å²) in [5.74, 6) is 0. The summed E-state index contributed by atoms with van der Waals surface area (Å²) in [5.41, 5.74) is 5.36. The molecule has 0 atom stereocenters. The molecule has 2 rings (SSSR count). The van der Waals surface area contributed by atoms with Gasteiger partial charge in [0.25, 0.3) is 0 Å². The molecule has 0 saturated carbocycles. The fourth-order valence-electron chi connectivity index (χ4n) is 1.93. The molecule has 0 aliphatic heterocycles. The number of aromatic nitrogens is 2. The summed E-state index contributed by atoms with van der Waals surface area (Å²) in [6.07, 6.45) is 4.31. The number of aryl methyl sites for hydroxylation is 2. The van der Waals surface area contributed by atoms with Gasteiger partial charge in [-0.05, 0) is 51.0 Å². The van der Waals surface area contributed by atoms with Crippen molar-refractivity contribution in [1.82, 2.24) is 9.97 Å². The Hall–Kier alpha value is -2.76. The molecule has 6 heteroatoms. The molecule has 2 aromatic rings. The predicted molar refractivity (Wildman–Crippen MR) is 98.9 cm³/mol. The number of hydrogen-bond donors (Lipinski definition) is 0. The summed E-state index contributed by atoms with van der Waals surface area (Å²) in [6, 6.07) is 7.85. The van der Waals surface area contributed by atoms with E-state index in [1.165, 1.54) is 0 Å². The second-order valence-electron chi connectivity index (χ2n) is 5.81. The molecule has 0 amide bonds. The second-order valence-corrected chi connectivity index (χ2v) is 5.81. The number of pyridine rings is 2. The first-order valence-corrected chi connectivity index (χ1v) is 8.25. The van der Waals surface area contributed by atoms with Gasteiger partial charge in [-0.25, -0.2) is 0 Å². The van der Waals surface area contributed by atoms with Crippen LogP contribution in [0.5, 0.6) is 0 Å². The van der Waals surface area contributed by atoms with Gasteiger partial charge >= 0.3 is 0 Å². The Morgan fingerprint density at radius 3 is 1.60 bits per heavy atom. The quantitative estimate of drug-likeness (QED) is 0.418. The van der Waals surface area contributed by atoms with Crippen LogP contribution in [-0.2, 0) is 9.68 Å². The third-order valence-electron chi connectivity index (χ3n) is 3.44. The van der Waals surface area contributed by atoms with Crippen molar-refractivity contribution in [2.75, 3.05) is 13.2 Å². The molecule has 0 spiro atoms. The molecular weight excluding hydrogens is 316 g/mol. The van der Waals surface area contributed by atoms with Crippen LogP contribution in [0, 0.1) is 13.8 Å². The van der Waals surface area contributed by atoms with Crippen LogP contribution in [0.1, 0.15) is 42.8 Å². The lowest BCUT2D eigenvalue weighted by Gasteiger charge is -2.03. The highest BCUT2D eigenvalue weighted by atomic mass is 16.6. The average Bonchev–Trinajstić information content (AvgIpc) is 2.61. The zero-order valence-corrected chi connectivity index (χ0v) is 15.2. The van der Waals surface area contributed by atoms with Crippen molar-refractivity contribution < 1.29 is 9.68 Å². The lowest BCUT2D eigenvalue weighted by atomic mass is 10.2. The monoisotopic (exact) mass is 340 g/mol. The van der Waals surface area contributed by atoms with Crippen LogP contribution in [0.4, 0.5) is 0 Å². The van der Waals surface area contributed by atoms with Gasteiger partial charge in [-0.1, -0.05) is 22.4 Å². The lowest BCUT2D eigenvalue weighted by Crippen LogP contribution is -2.03. The third kappa shape index (κ3) is 6.33. The van der Waals surface area contributed by atoms with Gasteiger partial charge in [-0.15, -0.1) is 0 Å². The van der Waals surface area contributed by atoms with E-state index in [1.54, 1.807) is 0 Å². The molecule has 0 aromatic carbocycles. The Kier molecular flexibility index (Phi) is 7.07. The first-order chi connectivity index (χ1) is 12.1. The van der Waals surface area contributed by atoms with Gasteiger partial charge in [-0.2, -0.15) is 0 Å². The van der Waals surface area contributed by atoms with E-state index < -0.39 is 0 Å². The molecule has 0 aliphatic carbocycles. The van der Waals surface area contributed by atoms with Crippen molar-refractivity contribution in [3.63, 3.8) is 0 Å². The first kappa shape index (κ1) is 18.6. The van der Waals surface area contributed by atoms with E-state index in [0.717, 1.165) is 33.9 Å². The Labute approximate surface area is 148 Å². The maximum absolute atomic E-state index is 5.29. The van der Waals surface area contributed by atoms with Crippen LogP contribution in [0.25, 0.3) is 0 Å². The van der Waals surface area contributed by atoms with Crippen LogP contribution in [0.15, 0.2) is 47.0 Å². The van der Waals surface area contributed by atoms with E-state index in [9.17, 15) is 0 Å². The van der Waals surface area contributed by atoms with Crippen molar-refractivity contribution >= 4 is 11.4 Å². The predicted octanol–water partition coefficient (Wildman–Crippen LogP) is 3.66. The summed E-state index contributed by atoms with van der Waals surface area (Å²) >= 11 is 0. The molecule has 2 heterocycles. The SMILES string of the molecule is C/C(=N\OCCCO/N=C(\C)c1ccc(C)cn1)c1ccc(C)cn1. The second kappa shape index (κ2) is 9.52. The van der Waals surface area contributed by atoms with Crippen LogP contribution in [0.2, 0.25) is 0 Å². The van der Waals surface area contributed by atoms with E-state index in [-0.39, 0.29) is 0 Å². The number of nitrogens with zero attached hydrogens (tertiary/aromatic N) is 4. The van der Waals surface area contributed by atoms with Crippen molar-refractivity contribution in [2.45, 2.75) is 34.1 Å². The largest absolute Gasteiger partial charge is 0.395 e. The molecule has 0 N–H and O–H groups in total. The van der Waals surface area contributed by atoms with Gasteiger partial charge in [0.1, 0.15) is 24.6 Å². The minimum atomic E-state index is 0.459. The zero-order valence-electron chi connectivity index (χ0n) is 15.2. The van der Waals surface area contributed by atoms with Crippen molar-refractivity contribution in [3.8, 4) is 0 Å². The fraction of sp³-hybridized carbons (Fsp3) is 0.368. The maximum Gasteiger partial charge on any atom is 0.120 e. The highest BCUT2D eigenvalue weighted by molar-refractivity contribution is 5.96. The molecule has 0 unspecified atom stereocenters. The molecule has 2 aromatic heterocycles. The van der Waals surface area contributed by atoms with Gasteiger partial charge in [0.15, 0.2) is 0 Å². The molecule has 0 radical (unpaired) electrons. The molecular formula is C19H24N4O2. The first-order valence-electron chi connectivity index (χ1n) is 8.25.